The zero-order valence-electron chi connectivity index (χ0n) is 11.4. The molecule has 2 rings (SSSR count). The summed E-state index contributed by atoms with van der Waals surface area (Å²) in [7, 11) is 4.37. The summed E-state index contributed by atoms with van der Waals surface area (Å²) in [4.78, 5) is 8.95. The molecular formula is C14H24N4. The van der Waals surface area contributed by atoms with Gasteiger partial charge in [0.15, 0.2) is 0 Å². The summed E-state index contributed by atoms with van der Waals surface area (Å²) < 4.78 is 0. The van der Waals surface area contributed by atoms with Crippen molar-refractivity contribution in [3.05, 3.63) is 30.1 Å². The van der Waals surface area contributed by atoms with E-state index in [2.05, 4.69) is 34.9 Å². The summed E-state index contributed by atoms with van der Waals surface area (Å²) >= 11 is 0. The number of pyridine rings is 1. The van der Waals surface area contributed by atoms with Gasteiger partial charge in [0.2, 0.25) is 0 Å². The van der Waals surface area contributed by atoms with Crippen molar-refractivity contribution in [3.63, 3.8) is 0 Å². The standard InChI is InChI=1S/C14H24N4/c1-17-7-4-8-18(2)14(11-17)13(15)9-12-5-3-6-16-10-12/h3,5-6,10,13-14H,4,7-9,11,15H2,1-2H3. The maximum Gasteiger partial charge on any atom is 0.0374 e. The Morgan fingerprint density at radius 3 is 3.00 bits per heavy atom. The Kier molecular flexibility index (Phi) is 4.69. The third-order valence-corrected chi connectivity index (χ3v) is 3.80. The fourth-order valence-electron chi connectivity index (χ4n) is 2.70. The van der Waals surface area contributed by atoms with Crippen molar-refractivity contribution in [3.8, 4) is 0 Å². The molecule has 4 nitrogen and oxygen atoms in total. The average Bonchev–Trinajstić information content (AvgIpc) is 2.52. The lowest BCUT2D eigenvalue weighted by molar-refractivity contribution is 0.195. The van der Waals surface area contributed by atoms with Crippen LogP contribution in [0.5, 0.6) is 0 Å². The summed E-state index contributed by atoms with van der Waals surface area (Å²) in [5, 5.41) is 0. The third-order valence-electron chi connectivity index (χ3n) is 3.80. The lowest BCUT2D eigenvalue weighted by Crippen LogP contribution is -2.51. The van der Waals surface area contributed by atoms with Gasteiger partial charge in [-0.15, -0.1) is 0 Å². The maximum atomic E-state index is 6.41. The summed E-state index contributed by atoms with van der Waals surface area (Å²) in [6.45, 7) is 3.36. The molecule has 0 aliphatic carbocycles. The summed E-state index contributed by atoms with van der Waals surface area (Å²) in [6, 6.07) is 4.68. The summed E-state index contributed by atoms with van der Waals surface area (Å²) in [5.41, 5.74) is 7.63. The number of rotatable bonds is 3. The molecule has 2 N–H and O–H groups in total. The normalized spacial score (nSPS) is 24.7. The van der Waals surface area contributed by atoms with Crippen LogP contribution in [0.25, 0.3) is 0 Å². The molecule has 0 spiro atoms. The van der Waals surface area contributed by atoms with Crippen molar-refractivity contribution >= 4 is 0 Å². The topological polar surface area (TPSA) is 45.4 Å². The molecule has 0 amide bonds. The Morgan fingerprint density at radius 2 is 2.28 bits per heavy atom. The molecule has 1 aromatic rings. The van der Waals surface area contributed by atoms with Crippen LogP contribution in [0.3, 0.4) is 0 Å². The Hall–Kier alpha value is -0.970. The van der Waals surface area contributed by atoms with Gasteiger partial charge in [0.05, 0.1) is 0 Å². The van der Waals surface area contributed by atoms with E-state index in [4.69, 9.17) is 5.73 Å². The molecule has 4 heteroatoms. The molecule has 1 fully saturated rings. The molecule has 100 valence electrons. The average molecular weight is 248 g/mol. The second kappa shape index (κ2) is 6.27. The van der Waals surface area contributed by atoms with Crippen LogP contribution in [0, 0.1) is 0 Å². The van der Waals surface area contributed by atoms with Gasteiger partial charge in [-0.3, -0.25) is 4.98 Å². The van der Waals surface area contributed by atoms with Gasteiger partial charge in [-0.05, 0) is 51.7 Å². The van der Waals surface area contributed by atoms with Crippen molar-refractivity contribution in [1.82, 2.24) is 14.8 Å². The number of likely N-dealkylation sites (N-methyl/N-ethyl adjacent to an activating group) is 2. The van der Waals surface area contributed by atoms with E-state index in [-0.39, 0.29) is 6.04 Å². The molecule has 2 unspecified atom stereocenters. The predicted octanol–water partition coefficient (Wildman–Crippen LogP) is 0.587. The van der Waals surface area contributed by atoms with Gasteiger partial charge < -0.3 is 15.5 Å². The van der Waals surface area contributed by atoms with Crippen LogP contribution in [-0.4, -0.2) is 60.6 Å². The lowest BCUT2D eigenvalue weighted by Gasteiger charge is -2.32. The largest absolute Gasteiger partial charge is 0.326 e. The molecule has 2 atom stereocenters. The van der Waals surface area contributed by atoms with Crippen LogP contribution in [0.15, 0.2) is 24.5 Å². The van der Waals surface area contributed by atoms with Gasteiger partial charge in [0, 0.05) is 31.0 Å². The Morgan fingerprint density at radius 1 is 1.44 bits per heavy atom. The van der Waals surface area contributed by atoms with Crippen molar-refractivity contribution in [2.45, 2.75) is 24.9 Å². The first-order valence-corrected chi connectivity index (χ1v) is 6.70. The van der Waals surface area contributed by atoms with E-state index < -0.39 is 0 Å². The van der Waals surface area contributed by atoms with Crippen LogP contribution in [0.4, 0.5) is 0 Å². The lowest BCUT2D eigenvalue weighted by atomic mass is 10.00. The van der Waals surface area contributed by atoms with Crippen molar-refractivity contribution in [1.29, 1.82) is 0 Å². The van der Waals surface area contributed by atoms with Gasteiger partial charge in [0.1, 0.15) is 0 Å². The van der Waals surface area contributed by atoms with Crippen LogP contribution < -0.4 is 5.73 Å². The van der Waals surface area contributed by atoms with Gasteiger partial charge in [-0.2, -0.15) is 0 Å². The Bertz CT molecular complexity index is 354. The van der Waals surface area contributed by atoms with Crippen LogP contribution in [-0.2, 0) is 6.42 Å². The number of nitrogens with zero attached hydrogens (tertiary/aromatic N) is 3. The molecule has 0 radical (unpaired) electrons. The Labute approximate surface area is 110 Å². The van der Waals surface area contributed by atoms with E-state index >= 15 is 0 Å². The molecule has 1 aliphatic heterocycles. The molecule has 0 bridgehead atoms. The monoisotopic (exact) mass is 248 g/mol. The van der Waals surface area contributed by atoms with Crippen LogP contribution in [0.1, 0.15) is 12.0 Å². The van der Waals surface area contributed by atoms with Crippen LogP contribution >= 0.6 is 0 Å². The Balaban J connectivity index is 2.00. The fraction of sp³-hybridized carbons (Fsp3) is 0.643. The molecule has 1 aliphatic rings. The van der Waals surface area contributed by atoms with E-state index in [1.165, 1.54) is 18.5 Å². The van der Waals surface area contributed by atoms with Crippen molar-refractivity contribution < 1.29 is 0 Å². The molecule has 2 heterocycles. The highest BCUT2D eigenvalue weighted by Crippen LogP contribution is 2.12. The maximum absolute atomic E-state index is 6.41. The van der Waals surface area contributed by atoms with Crippen molar-refractivity contribution in [2.75, 3.05) is 33.7 Å². The van der Waals surface area contributed by atoms with E-state index in [1.807, 2.05) is 12.3 Å². The van der Waals surface area contributed by atoms with Gasteiger partial charge in [-0.1, -0.05) is 6.07 Å². The van der Waals surface area contributed by atoms with E-state index in [1.54, 1.807) is 6.20 Å². The molecule has 0 aromatic carbocycles. The SMILES string of the molecule is CN1CCCN(C)C(C(N)Cc2cccnc2)C1. The highest BCUT2D eigenvalue weighted by molar-refractivity contribution is 5.11. The van der Waals surface area contributed by atoms with E-state index in [0.717, 1.165) is 19.5 Å². The van der Waals surface area contributed by atoms with Crippen LogP contribution in [0.2, 0.25) is 0 Å². The minimum atomic E-state index is 0.166. The highest BCUT2D eigenvalue weighted by Gasteiger charge is 2.26. The van der Waals surface area contributed by atoms with E-state index in [9.17, 15) is 0 Å². The minimum Gasteiger partial charge on any atom is -0.326 e. The first kappa shape index (κ1) is 13.5. The van der Waals surface area contributed by atoms with Gasteiger partial charge >= 0.3 is 0 Å². The number of hydrogen-bond acceptors (Lipinski definition) is 4. The quantitative estimate of drug-likeness (QED) is 0.850. The molecule has 18 heavy (non-hydrogen) atoms. The third kappa shape index (κ3) is 3.51. The highest BCUT2D eigenvalue weighted by atomic mass is 15.2. The number of aromatic nitrogens is 1. The zero-order chi connectivity index (χ0) is 13.0. The van der Waals surface area contributed by atoms with Gasteiger partial charge in [-0.25, -0.2) is 0 Å². The molecular weight excluding hydrogens is 224 g/mol. The summed E-state index contributed by atoms with van der Waals surface area (Å²) in [6.07, 6.45) is 5.85. The first-order chi connectivity index (χ1) is 8.66. The smallest absolute Gasteiger partial charge is 0.0374 e. The summed E-state index contributed by atoms with van der Waals surface area (Å²) in [5.74, 6) is 0. The molecule has 1 saturated heterocycles. The fourth-order valence-corrected chi connectivity index (χ4v) is 2.70. The molecule has 1 aromatic heterocycles. The predicted molar refractivity (Wildman–Crippen MR) is 74.4 cm³/mol. The second-order valence-electron chi connectivity index (χ2n) is 5.39. The second-order valence-corrected chi connectivity index (χ2v) is 5.39. The minimum absolute atomic E-state index is 0.166. The van der Waals surface area contributed by atoms with Gasteiger partial charge in [0.25, 0.3) is 0 Å². The molecule has 0 saturated carbocycles. The zero-order valence-corrected chi connectivity index (χ0v) is 11.4. The number of nitrogens with two attached hydrogens (primary N) is 1. The first-order valence-electron chi connectivity index (χ1n) is 6.70. The van der Waals surface area contributed by atoms with Crippen molar-refractivity contribution in [2.24, 2.45) is 5.73 Å². The van der Waals surface area contributed by atoms with E-state index in [0.29, 0.717) is 6.04 Å². The number of hydrogen-bond donors (Lipinski definition) is 1.